The minimum atomic E-state index is 0.547. The molecule has 1 heteroatoms. The molecule has 0 aromatic heterocycles. The minimum absolute atomic E-state index is 0.547. The molecule has 0 aliphatic heterocycles. The van der Waals surface area contributed by atoms with E-state index in [9.17, 15) is 0 Å². The van der Waals surface area contributed by atoms with E-state index in [1.807, 2.05) is 13.8 Å². The maximum Gasteiger partial charge on any atom is 0.0466 e. The Morgan fingerprint density at radius 1 is 1.31 bits per heavy atom. The molecule has 0 aliphatic carbocycles. The summed E-state index contributed by atoms with van der Waals surface area (Å²) in [6, 6.07) is 0. The molecular formula is C12H22O. The Bertz CT molecular complexity index is 162. The Labute approximate surface area is 82.9 Å². The van der Waals surface area contributed by atoms with Crippen molar-refractivity contribution in [2.45, 2.75) is 40.5 Å². The Balaban J connectivity index is 3.62. The lowest BCUT2D eigenvalue weighted by Gasteiger charge is -2.14. The van der Waals surface area contributed by atoms with Crippen molar-refractivity contribution in [3.63, 3.8) is 0 Å². The quantitative estimate of drug-likeness (QED) is 0.453. The summed E-state index contributed by atoms with van der Waals surface area (Å²) in [5, 5.41) is 0. The average molecular weight is 182 g/mol. The summed E-state index contributed by atoms with van der Waals surface area (Å²) in [6.07, 6.45) is 2.30. The molecule has 0 heterocycles. The van der Waals surface area contributed by atoms with E-state index in [1.54, 1.807) is 0 Å². The van der Waals surface area contributed by atoms with Gasteiger partial charge in [-0.25, -0.2) is 0 Å². The van der Waals surface area contributed by atoms with E-state index in [0.29, 0.717) is 11.8 Å². The highest BCUT2D eigenvalue weighted by Crippen LogP contribution is 2.15. The van der Waals surface area contributed by atoms with Crippen LogP contribution >= 0.6 is 0 Å². The summed E-state index contributed by atoms with van der Waals surface area (Å²) in [7, 11) is 0. The van der Waals surface area contributed by atoms with Crippen LogP contribution in [0, 0.1) is 23.7 Å². The first kappa shape index (κ1) is 12.5. The number of hydrogen-bond donors (Lipinski definition) is 0. The van der Waals surface area contributed by atoms with E-state index in [-0.39, 0.29) is 0 Å². The SMILES string of the molecule is CC#CC(CCCOCC)C(C)C. The van der Waals surface area contributed by atoms with Gasteiger partial charge < -0.3 is 4.74 Å². The standard InChI is InChI=1S/C12H22O/c1-5-8-12(11(3)4)9-7-10-13-6-2/h11-12H,6-7,9-10H2,1-4H3. The summed E-state index contributed by atoms with van der Waals surface area (Å²) in [5.74, 6) is 7.46. The van der Waals surface area contributed by atoms with Gasteiger partial charge in [0.2, 0.25) is 0 Å². The first-order chi connectivity index (χ1) is 6.22. The first-order valence-corrected chi connectivity index (χ1v) is 5.22. The van der Waals surface area contributed by atoms with Crippen molar-refractivity contribution in [1.29, 1.82) is 0 Å². The Morgan fingerprint density at radius 2 is 2.00 bits per heavy atom. The second-order valence-corrected chi connectivity index (χ2v) is 3.58. The van der Waals surface area contributed by atoms with Crippen LogP contribution in [-0.4, -0.2) is 13.2 Å². The second-order valence-electron chi connectivity index (χ2n) is 3.58. The molecule has 0 aromatic carbocycles. The maximum absolute atomic E-state index is 5.29. The second kappa shape index (κ2) is 8.13. The topological polar surface area (TPSA) is 9.23 Å². The predicted octanol–water partition coefficient (Wildman–Crippen LogP) is 3.10. The zero-order valence-corrected chi connectivity index (χ0v) is 9.39. The molecular weight excluding hydrogens is 160 g/mol. The number of hydrogen-bond acceptors (Lipinski definition) is 1. The molecule has 0 saturated heterocycles. The molecule has 76 valence electrons. The van der Waals surface area contributed by atoms with E-state index in [0.717, 1.165) is 19.6 Å². The first-order valence-electron chi connectivity index (χ1n) is 5.22. The fourth-order valence-electron chi connectivity index (χ4n) is 1.31. The van der Waals surface area contributed by atoms with Gasteiger partial charge in [0.1, 0.15) is 0 Å². The largest absolute Gasteiger partial charge is 0.382 e. The van der Waals surface area contributed by atoms with Crippen molar-refractivity contribution in [2.24, 2.45) is 11.8 Å². The summed E-state index contributed by atoms with van der Waals surface area (Å²) in [6.45, 7) is 10.1. The molecule has 0 amide bonds. The van der Waals surface area contributed by atoms with Gasteiger partial charge in [-0.15, -0.1) is 5.92 Å². The van der Waals surface area contributed by atoms with E-state index in [1.165, 1.54) is 6.42 Å². The Kier molecular flexibility index (Phi) is 7.83. The van der Waals surface area contributed by atoms with E-state index < -0.39 is 0 Å². The number of ether oxygens (including phenoxy) is 1. The summed E-state index contributed by atoms with van der Waals surface area (Å²) < 4.78 is 5.29. The van der Waals surface area contributed by atoms with Crippen LogP contribution in [0.2, 0.25) is 0 Å². The van der Waals surface area contributed by atoms with Gasteiger partial charge in [-0.2, -0.15) is 0 Å². The van der Waals surface area contributed by atoms with Gasteiger partial charge in [0, 0.05) is 19.1 Å². The fraction of sp³-hybridized carbons (Fsp3) is 0.833. The highest BCUT2D eigenvalue weighted by Gasteiger charge is 2.09. The molecule has 13 heavy (non-hydrogen) atoms. The molecule has 1 nitrogen and oxygen atoms in total. The lowest BCUT2D eigenvalue weighted by Crippen LogP contribution is -2.07. The monoisotopic (exact) mass is 182 g/mol. The van der Waals surface area contributed by atoms with Gasteiger partial charge in [0.05, 0.1) is 0 Å². The maximum atomic E-state index is 5.29. The third kappa shape index (κ3) is 6.66. The molecule has 0 rings (SSSR count). The van der Waals surface area contributed by atoms with Gasteiger partial charge in [-0.05, 0) is 32.6 Å². The minimum Gasteiger partial charge on any atom is -0.382 e. The Morgan fingerprint density at radius 3 is 2.46 bits per heavy atom. The van der Waals surface area contributed by atoms with E-state index >= 15 is 0 Å². The zero-order valence-electron chi connectivity index (χ0n) is 9.39. The highest BCUT2D eigenvalue weighted by molar-refractivity contribution is 5.01. The van der Waals surface area contributed by atoms with Crippen LogP contribution in [0.15, 0.2) is 0 Å². The lowest BCUT2D eigenvalue weighted by atomic mass is 9.92. The lowest BCUT2D eigenvalue weighted by molar-refractivity contribution is 0.139. The summed E-state index contributed by atoms with van der Waals surface area (Å²) >= 11 is 0. The van der Waals surface area contributed by atoms with Crippen LogP contribution in [0.25, 0.3) is 0 Å². The smallest absolute Gasteiger partial charge is 0.0466 e. The van der Waals surface area contributed by atoms with Crippen molar-refractivity contribution >= 4 is 0 Å². The molecule has 0 aliphatic rings. The average Bonchev–Trinajstić information content (AvgIpc) is 2.10. The molecule has 1 unspecified atom stereocenters. The summed E-state index contributed by atoms with van der Waals surface area (Å²) in [5.41, 5.74) is 0. The van der Waals surface area contributed by atoms with Crippen LogP contribution in [0.5, 0.6) is 0 Å². The molecule has 0 spiro atoms. The third-order valence-corrected chi connectivity index (χ3v) is 2.14. The van der Waals surface area contributed by atoms with E-state index in [4.69, 9.17) is 4.74 Å². The highest BCUT2D eigenvalue weighted by atomic mass is 16.5. The van der Waals surface area contributed by atoms with Crippen molar-refractivity contribution in [1.82, 2.24) is 0 Å². The molecule has 1 atom stereocenters. The van der Waals surface area contributed by atoms with Gasteiger partial charge >= 0.3 is 0 Å². The number of rotatable bonds is 6. The summed E-state index contributed by atoms with van der Waals surface area (Å²) in [4.78, 5) is 0. The molecule has 0 N–H and O–H groups in total. The van der Waals surface area contributed by atoms with Crippen LogP contribution in [0.1, 0.15) is 40.5 Å². The molecule has 0 bridgehead atoms. The van der Waals surface area contributed by atoms with Crippen LogP contribution < -0.4 is 0 Å². The van der Waals surface area contributed by atoms with Crippen LogP contribution in [0.4, 0.5) is 0 Å². The zero-order chi connectivity index (χ0) is 10.1. The van der Waals surface area contributed by atoms with Crippen LogP contribution in [-0.2, 0) is 4.74 Å². The normalized spacial score (nSPS) is 12.4. The van der Waals surface area contributed by atoms with Crippen molar-refractivity contribution in [3.8, 4) is 11.8 Å². The van der Waals surface area contributed by atoms with E-state index in [2.05, 4.69) is 25.7 Å². The fourth-order valence-corrected chi connectivity index (χ4v) is 1.31. The molecule has 0 saturated carbocycles. The van der Waals surface area contributed by atoms with Gasteiger partial charge in [-0.3, -0.25) is 0 Å². The van der Waals surface area contributed by atoms with Crippen molar-refractivity contribution in [3.05, 3.63) is 0 Å². The predicted molar refractivity (Wildman–Crippen MR) is 57.5 cm³/mol. The van der Waals surface area contributed by atoms with Crippen molar-refractivity contribution in [2.75, 3.05) is 13.2 Å². The molecule has 0 aromatic rings. The van der Waals surface area contributed by atoms with Gasteiger partial charge in [0.25, 0.3) is 0 Å². The molecule has 0 fully saturated rings. The third-order valence-electron chi connectivity index (χ3n) is 2.14. The Hall–Kier alpha value is -0.480. The van der Waals surface area contributed by atoms with Gasteiger partial charge in [0.15, 0.2) is 0 Å². The molecule has 0 radical (unpaired) electrons. The van der Waals surface area contributed by atoms with Crippen molar-refractivity contribution < 1.29 is 4.74 Å². The van der Waals surface area contributed by atoms with Crippen LogP contribution in [0.3, 0.4) is 0 Å². The van der Waals surface area contributed by atoms with Gasteiger partial charge in [-0.1, -0.05) is 19.8 Å².